The van der Waals surface area contributed by atoms with Crippen molar-refractivity contribution in [3.8, 4) is 11.3 Å². The Morgan fingerprint density at radius 1 is 1.36 bits per heavy atom. The first kappa shape index (κ1) is 19.4. The van der Waals surface area contributed by atoms with Gasteiger partial charge >= 0.3 is 0 Å². The summed E-state index contributed by atoms with van der Waals surface area (Å²) in [5, 5.41) is 7.30. The number of benzene rings is 1. The molecule has 1 amide bonds. The molecule has 0 spiro atoms. The van der Waals surface area contributed by atoms with Gasteiger partial charge in [-0.3, -0.25) is 9.69 Å². The van der Waals surface area contributed by atoms with Crippen LogP contribution < -0.4 is 4.90 Å². The van der Waals surface area contributed by atoms with E-state index in [-0.39, 0.29) is 17.8 Å². The lowest BCUT2D eigenvalue weighted by molar-refractivity contribution is 0.0887. The molecule has 28 heavy (non-hydrogen) atoms. The van der Waals surface area contributed by atoms with Gasteiger partial charge in [0.2, 0.25) is 5.76 Å². The molecule has 1 unspecified atom stereocenters. The van der Waals surface area contributed by atoms with Crippen LogP contribution in [-0.4, -0.2) is 35.3 Å². The second-order valence-corrected chi connectivity index (χ2v) is 8.20. The van der Waals surface area contributed by atoms with E-state index in [9.17, 15) is 4.79 Å². The third-order valence-corrected chi connectivity index (χ3v) is 5.84. The van der Waals surface area contributed by atoms with E-state index < -0.39 is 0 Å². The van der Waals surface area contributed by atoms with Crippen molar-refractivity contribution in [2.75, 3.05) is 18.1 Å². The Balaban J connectivity index is 1.66. The highest BCUT2D eigenvalue weighted by Crippen LogP contribution is 2.34. The predicted octanol–water partition coefficient (Wildman–Crippen LogP) is 5.24. The number of thiazole rings is 1. The van der Waals surface area contributed by atoms with Gasteiger partial charge in [0, 0.05) is 28.6 Å². The second-order valence-electron chi connectivity index (χ2n) is 6.52. The van der Waals surface area contributed by atoms with E-state index in [1.807, 2.05) is 11.4 Å². The van der Waals surface area contributed by atoms with E-state index >= 15 is 0 Å². The molecule has 0 N–H and O–H groups in total. The zero-order chi connectivity index (χ0) is 19.7. The van der Waals surface area contributed by atoms with Crippen LogP contribution in [0.4, 0.5) is 5.13 Å². The summed E-state index contributed by atoms with van der Waals surface area (Å²) in [7, 11) is 0. The molecule has 3 aromatic rings. The number of anilines is 1. The van der Waals surface area contributed by atoms with Gasteiger partial charge in [0.1, 0.15) is 0 Å². The Morgan fingerprint density at radius 3 is 2.89 bits per heavy atom. The molecule has 0 aliphatic carbocycles. The van der Waals surface area contributed by atoms with Crippen LogP contribution in [0.15, 0.2) is 34.2 Å². The number of nitrogens with zero attached hydrogens (tertiary/aromatic N) is 3. The summed E-state index contributed by atoms with van der Waals surface area (Å²) in [4.78, 5) is 19.3. The summed E-state index contributed by atoms with van der Waals surface area (Å²) >= 11 is 13.7. The summed E-state index contributed by atoms with van der Waals surface area (Å²) in [5.41, 5.74) is 2.09. The van der Waals surface area contributed by atoms with Crippen molar-refractivity contribution in [1.82, 2.24) is 10.1 Å². The Bertz CT molecular complexity index is 998. The lowest BCUT2D eigenvalue weighted by atomic mass is 10.2. The minimum atomic E-state index is -0.292. The highest BCUT2D eigenvalue weighted by molar-refractivity contribution is 7.14. The summed E-state index contributed by atoms with van der Waals surface area (Å²) in [6.07, 6.45) is 1.86. The average molecular weight is 438 g/mol. The van der Waals surface area contributed by atoms with Gasteiger partial charge in [-0.2, -0.15) is 0 Å². The maximum absolute atomic E-state index is 13.1. The van der Waals surface area contributed by atoms with E-state index in [1.165, 1.54) is 11.3 Å². The molecule has 1 aliphatic rings. The van der Waals surface area contributed by atoms with Crippen molar-refractivity contribution in [3.05, 3.63) is 51.1 Å². The van der Waals surface area contributed by atoms with Gasteiger partial charge in [0.25, 0.3) is 5.91 Å². The maximum atomic E-state index is 13.1. The zero-order valence-electron chi connectivity index (χ0n) is 15.0. The van der Waals surface area contributed by atoms with E-state index in [2.05, 4.69) is 10.1 Å². The topological polar surface area (TPSA) is 68.5 Å². The van der Waals surface area contributed by atoms with Gasteiger partial charge in [0.05, 0.1) is 29.1 Å². The van der Waals surface area contributed by atoms with Gasteiger partial charge in [-0.1, -0.05) is 28.4 Å². The Morgan fingerprint density at radius 2 is 2.21 bits per heavy atom. The van der Waals surface area contributed by atoms with E-state index in [0.717, 1.165) is 18.4 Å². The molecular weight excluding hydrogens is 421 g/mol. The molecule has 9 heteroatoms. The fraction of sp³-hybridized carbons (Fsp3) is 0.316. The van der Waals surface area contributed by atoms with E-state index in [0.29, 0.717) is 39.7 Å². The van der Waals surface area contributed by atoms with Crippen LogP contribution in [0.2, 0.25) is 10.0 Å². The van der Waals surface area contributed by atoms with Crippen molar-refractivity contribution in [1.29, 1.82) is 0 Å². The quantitative estimate of drug-likeness (QED) is 0.545. The molecule has 6 nitrogen and oxygen atoms in total. The number of amides is 1. The first-order valence-electron chi connectivity index (χ1n) is 8.79. The molecule has 1 fully saturated rings. The number of carbonyl (C=O) groups excluding carboxylic acids is 1. The molecule has 0 saturated carbocycles. The lowest BCUT2D eigenvalue weighted by Gasteiger charge is -2.21. The molecule has 0 bridgehead atoms. The standard InChI is InChI=1S/C19H17Cl2N3O3S/c1-11-7-17(27-23-11)18(25)24(9-13-3-2-6-26-13)19-22-16(10-28-19)14-5-4-12(20)8-15(14)21/h4-5,7-8,10,13H,2-3,6,9H2,1H3. The Hall–Kier alpha value is -1.93. The normalized spacial score (nSPS) is 16.5. The number of rotatable bonds is 5. The summed E-state index contributed by atoms with van der Waals surface area (Å²) < 4.78 is 10.9. The molecule has 3 heterocycles. The third-order valence-electron chi connectivity index (χ3n) is 4.42. The van der Waals surface area contributed by atoms with Crippen LogP contribution in [0.1, 0.15) is 29.1 Å². The number of aryl methyl sites for hydroxylation is 1. The third kappa shape index (κ3) is 4.07. The van der Waals surface area contributed by atoms with Gasteiger partial charge in [-0.25, -0.2) is 4.98 Å². The molecule has 1 saturated heterocycles. The highest BCUT2D eigenvalue weighted by Gasteiger charge is 2.29. The van der Waals surface area contributed by atoms with Crippen LogP contribution in [0.25, 0.3) is 11.3 Å². The van der Waals surface area contributed by atoms with E-state index in [4.69, 9.17) is 32.5 Å². The number of hydrogen-bond acceptors (Lipinski definition) is 6. The van der Waals surface area contributed by atoms with Crippen LogP contribution in [0, 0.1) is 6.92 Å². The number of carbonyl (C=O) groups is 1. The molecule has 0 radical (unpaired) electrons. The second kappa shape index (κ2) is 8.21. The van der Waals surface area contributed by atoms with Crippen LogP contribution in [-0.2, 0) is 4.74 Å². The molecular formula is C19H17Cl2N3O3S. The van der Waals surface area contributed by atoms with Gasteiger partial charge in [-0.15, -0.1) is 11.3 Å². The molecule has 1 atom stereocenters. The van der Waals surface area contributed by atoms with Crippen LogP contribution in [0.5, 0.6) is 0 Å². The minimum Gasteiger partial charge on any atom is -0.376 e. The summed E-state index contributed by atoms with van der Waals surface area (Å²) in [5.74, 6) is -0.115. The Labute approximate surface area is 176 Å². The number of halogens is 2. The highest BCUT2D eigenvalue weighted by atomic mass is 35.5. The first-order chi connectivity index (χ1) is 13.5. The van der Waals surface area contributed by atoms with Crippen molar-refractivity contribution in [2.45, 2.75) is 25.9 Å². The van der Waals surface area contributed by atoms with Crippen molar-refractivity contribution < 1.29 is 14.1 Å². The minimum absolute atomic E-state index is 0.0283. The zero-order valence-corrected chi connectivity index (χ0v) is 17.4. The fourth-order valence-electron chi connectivity index (χ4n) is 3.05. The van der Waals surface area contributed by atoms with Gasteiger partial charge in [0.15, 0.2) is 5.13 Å². The molecule has 1 aliphatic heterocycles. The number of aromatic nitrogens is 2. The van der Waals surface area contributed by atoms with E-state index in [1.54, 1.807) is 30.0 Å². The van der Waals surface area contributed by atoms with Crippen LogP contribution in [0.3, 0.4) is 0 Å². The SMILES string of the molecule is Cc1cc(C(=O)N(CC2CCCO2)c2nc(-c3ccc(Cl)cc3Cl)cs2)on1. The van der Waals surface area contributed by atoms with Gasteiger partial charge < -0.3 is 9.26 Å². The summed E-state index contributed by atoms with van der Waals surface area (Å²) in [6, 6.07) is 6.86. The van der Waals surface area contributed by atoms with Crippen molar-refractivity contribution >= 4 is 45.6 Å². The Kier molecular flexibility index (Phi) is 5.68. The fourth-order valence-corrected chi connectivity index (χ4v) is 4.38. The molecule has 146 valence electrons. The molecule has 1 aromatic carbocycles. The molecule has 4 rings (SSSR count). The first-order valence-corrected chi connectivity index (χ1v) is 10.4. The van der Waals surface area contributed by atoms with Crippen molar-refractivity contribution in [2.24, 2.45) is 0 Å². The van der Waals surface area contributed by atoms with Crippen LogP contribution >= 0.6 is 34.5 Å². The average Bonchev–Trinajstić information content (AvgIpc) is 3.41. The lowest BCUT2D eigenvalue weighted by Crippen LogP contribution is -2.37. The number of ether oxygens (including phenoxy) is 1. The maximum Gasteiger partial charge on any atom is 0.298 e. The largest absolute Gasteiger partial charge is 0.376 e. The number of hydrogen-bond donors (Lipinski definition) is 0. The molecule has 2 aromatic heterocycles. The monoisotopic (exact) mass is 437 g/mol. The van der Waals surface area contributed by atoms with Gasteiger partial charge in [-0.05, 0) is 38.0 Å². The van der Waals surface area contributed by atoms with Crippen molar-refractivity contribution in [3.63, 3.8) is 0 Å². The smallest absolute Gasteiger partial charge is 0.298 e. The predicted molar refractivity (Wildman–Crippen MR) is 109 cm³/mol. The summed E-state index contributed by atoms with van der Waals surface area (Å²) in [6.45, 7) is 2.88.